The molecule has 0 bridgehead atoms. The predicted molar refractivity (Wildman–Crippen MR) is 87.7 cm³/mol. The molecule has 0 N–H and O–H groups in total. The lowest BCUT2D eigenvalue weighted by Crippen LogP contribution is -2.63. The third-order valence-corrected chi connectivity index (χ3v) is 4.58. The number of nitrogens with zero attached hydrogens (tertiary/aromatic N) is 2. The molecule has 2 aromatic carbocycles. The molecule has 2 heterocycles. The number of hydrogen-bond donors (Lipinski definition) is 0. The van der Waals surface area contributed by atoms with Gasteiger partial charge in [-0.3, -0.25) is 14.4 Å². The highest BCUT2D eigenvalue weighted by atomic mass is 19.1. The molecule has 1 spiro atoms. The zero-order valence-electron chi connectivity index (χ0n) is 13.8. The maximum atomic E-state index is 13.3. The van der Waals surface area contributed by atoms with Crippen molar-refractivity contribution in [2.24, 2.45) is 0 Å². The minimum atomic E-state index is -0.801. The zero-order chi connectivity index (χ0) is 18.3. The van der Waals surface area contributed by atoms with E-state index in [9.17, 15) is 18.4 Å². The number of hydroxylamine groups is 2. The van der Waals surface area contributed by atoms with Gasteiger partial charge >= 0.3 is 0 Å². The normalized spacial score (nSPS) is 18.3. The van der Waals surface area contributed by atoms with Crippen molar-refractivity contribution < 1.29 is 23.2 Å². The molecule has 2 fully saturated rings. The topological polar surface area (TPSA) is 49.9 Å². The van der Waals surface area contributed by atoms with Crippen LogP contribution in [-0.4, -0.2) is 40.5 Å². The lowest BCUT2D eigenvalue weighted by Gasteiger charge is -2.45. The predicted octanol–water partition coefficient (Wildman–Crippen LogP) is 2.52. The van der Waals surface area contributed by atoms with Crippen molar-refractivity contribution in [3.05, 3.63) is 71.3 Å². The Hall–Kier alpha value is -2.80. The van der Waals surface area contributed by atoms with Gasteiger partial charge in [0.05, 0.1) is 26.1 Å². The Balaban J connectivity index is 1.40. The SMILES string of the molecule is O=C(c1cc(F)cc(F)c1)N1CC2(CC(=O)N(Cc3ccccc3)O2)C1. The molecule has 0 radical (unpaired) electrons. The molecule has 7 heteroatoms. The first kappa shape index (κ1) is 16.7. The summed E-state index contributed by atoms with van der Waals surface area (Å²) in [5.41, 5.74) is 0.149. The van der Waals surface area contributed by atoms with Gasteiger partial charge in [0.2, 0.25) is 5.91 Å². The van der Waals surface area contributed by atoms with E-state index in [0.717, 1.165) is 17.7 Å². The summed E-state index contributed by atoms with van der Waals surface area (Å²) in [4.78, 5) is 31.8. The number of carbonyl (C=O) groups excluding carboxylic acids is 2. The molecule has 0 aromatic heterocycles. The van der Waals surface area contributed by atoms with E-state index in [2.05, 4.69) is 0 Å². The van der Waals surface area contributed by atoms with E-state index in [1.807, 2.05) is 30.3 Å². The summed E-state index contributed by atoms with van der Waals surface area (Å²) >= 11 is 0. The Morgan fingerprint density at radius 2 is 1.73 bits per heavy atom. The van der Waals surface area contributed by atoms with E-state index in [4.69, 9.17) is 4.84 Å². The number of benzene rings is 2. The van der Waals surface area contributed by atoms with Crippen molar-refractivity contribution in [3.63, 3.8) is 0 Å². The summed E-state index contributed by atoms with van der Waals surface area (Å²) in [5.74, 6) is -2.22. The van der Waals surface area contributed by atoms with Gasteiger partial charge in [-0.1, -0.05) is 30.3 Å². The van der Waals surface area contributed by atoms with E-state index in [-0.39, 0.29) is 31.0 Å². The highest BCUT2D eigenvalue weighted by Crippen LogP contribution is 2.37. The third-order valence-electron chi connectivity index (χ3n) is 4.58. The van der Waals surface area contributed by atoms with Gasteiger partial charge in [-0.2, -0.15) is 0 Å². The number of amides is 2. The molecular weight excluding hydrogens is 342 g/mol. The summed E-state index contributed by atoms with van der Waals surface area (Å²) in [6.07, 6.45) is 0.182. The van der Waals surface area contributed by atoms with Crippen LogP contribution in [0.4, 0.5) is 8.78 Å². The average Bonchev–Trinajstić information content (AvgIpc) is 2.90. The van der Waals surface area contributed by atoms with Crippen LogP contribution >= 0.6 is 0 Å². The number of carbonyl (C=O) groups is 2. The van der Waals surface area contributed by atoms with Crippen molar-refractivity contribution in [2.75, 3.05) is 13.1 Å². The fourth-order valence-corrected chi connectivity index (χ4v) is 3.37. The minimum absolute atomic E-state index is 0.0529. The van der Waals surface area contributed by atoms with E-state index in [1.54, 1.807) is 0 Å². The first-order chi connectivity index (χ1) is 12.4. The van der Waals surface area contributed by atoms with Crippen LogP contribution in [-0.2, 0) is 16.2 Å². The summed E-state index contributed by atoms with van der Waals surface area (Å²) in [5, 5.41) is 1.32. The van der Waals surface area contributed by atoms with Crippen LogP contribution in [0.1, 0.15) is 22.3 Å². The number of halogens is 2. The maximum absolute atomic E-state index is 13.3. The summed E-state index contributed by atoms with van der Waals surface area (Å²) in [6.45, 7) is 0.756. The van der Waals surface area contributed by atoms with Gasteiger partial charge in [0.15, 0.2) is 0 Å². The van der Waals surface area contributed by atoms with Crippen molar-refractivity contribution in [2.45, 2.75) is 18.6 Å². The molecule has 0 aliphatic carbocycles. The van der Waals surface area contributed by atoms with Gasteiger partial charge in [0.1, 0.15) is 17.2 Å². The molecule has 2 aliphatic rings. The van der Waals surface area contributed by atoms with Crippen LogP contribution in [0.5, 0.6) is 0 Å². The fourth-order valence-electron chi connectivity index (χ4n) is 3.37. The largest absolute Gasteiger partial charge is 0.332 e. The second-order valence-electron chi connectivity index (χ2n) is 6.69. The molecule has 2 aromatic rings. The van der Waals surface area contributed by atoms with Gasteiger partial charge in [-0.25, -0.2) is 13.8 Å². The molecule has 2 aliphatic heterocycles. The Morgan fingerprint density at radius 1 is 1.08 bits per heavy atom. The van der Waals surface area contributed by atoms with Gasteiger partial charge < -0.3 is 4.90 Å². The van der Waals surface area contributed by atoms with Crippen LogP contribution in [0.3, 0.4) is 0 Å². The number of rotatable bonds is 3. The first-order valence-corrected chi connectivity index (χ1v) is 8.23. The highest BCUT2D eigenvalue weighted by molar-refractivity contribution is 5.95. The summed E-state index contributed by atoms with van der Waals surface area (Å²) in [6, 6.07) is 12.2. The van der Waals surface area contributed by atoms with Gasteiger partial charge in [0.25, 0.3) is 5.91 Å². The third kappa shape index (κ3) is 3.06. The molecule has 2 amide bonds. The Morgan fingerprint density at radius 3 is 2.38 bits per heavy atom. The van der Waals surface area contributed by atoms with E-state index in [0.29, 0.717) is 12.6 Å². The van der Waals surface area contributed by atoms with E-state index >= 15 is 0 Å². The second-order valence-corrected chi connectivity index (χ2v) is 6.69. The molecule has 2 saturated heterocycles. The molecular formula is C19H16F2N2O3. The monoisotopic (exact) mass is 358 g/mol. The quantitative estimate of drug-likeness (QED) is 0.847. The van der Waals surface area contributed by atoms with Crippen molar-refractivity contribution in [1.29, 1.82) is 0 Å². The van der Waals surface area contributed by atoms with Crippen molar-refractivity contribution >= 4 is 11.8 Å². The van der Waals surface area contributed by atoms with Crippen LogP contribution < -0.4 is 0 Å². The first-order valence-electron chi connectivity index (χ1n) is 8.23. The van der Waals surface area contributed by atoms with Crippen LogP contribution in [0.25, 0.3) is 0 Å². The van der Waals surface area contributed by atoms with Gasteiger partial charge in [-0.15, -0.1) is 0 Å². The molecule has 0 saturated carbocycles. The number of hydrogen-bond acceptors (Lipinski definition) is 3. The highest BCUT2D eigenvalue weighted by Gasteiger charge is 2.54. The van der Waals surface area contributed by atoms with Crippen LogP contribution in [0.15, 0.2) is 48.5 Å². The molecule has 26 heavy (non-hydrogen) atoms. The van der Waals surface area contributed by atoms with Crippen LogP contribution in [0, 0.1) is 11.6 Å². The molecule has 0 atom stereocenters. The lowest BCUT2D eigenvalue weighted by atomic mass is 9.90. The Labute approximate surface area is 148 Å². The molecule has 0 unspecified atom stereocenters. The Bertz CT molecular complexity index is 846. The standard InChI is InChI=1S/C19H16F2N2O3/c20-15-6-14(7-16(21)8-15)18(25)22-11-19(12-22)9-17(24)23(26-19)10-13-4-2-1-3-5-13/h1-8H,9-12H2. The minimum Gasteiger partial charge on any atom is -0.332 e. The van der Waals surface area contributed by atoms with Crippen LogP contribution in [0.2, 0.25) is 0 Å². The van der Waals surface area contributed by atoms with Gasteiger partial charge in [0, 0.05) is 11.6 Å². The zero-order valence-corrected chi connectivity index (χ0v) is 13.8. The van der Waals surface area contributed by atoms with E-state index in [1.165, 1.54) is 9.96 Å². The summed E-state index contributed by atoms with van der Waals surface area (Å²) < 4.78 is 26.6. The molecule has 4 rings (SSSR count). The molecule has 5 nitrogen and oxygen atoms in total. The molecule has 134 valence electrons. The summed E-state index contributed by atoms with van der Waals surface area (Å²) in [7, 11) is 0. The average molecular weight is 358 g/mol. The second kappa shape index (κ2) is 6.17. The lowest BCUT2D eigenvalue weighted by molar-refractivity contribution is -0.233. The Kier molecular flexibility index (Phi) is 3.96. The number of likely N-dealkylation sites (tertiary alicyclic amines) is 1. The van der Waals surface area contributed by atoms with E-state index < -0.39 is 23.1 Å². The van der Waals surface area contributed by atoms with Crippen molar-refractivity contribution in [1.82, 2.24) is 9.96 Å². The van der Waals surface area contributed by atoms with Gasteiger partial charge in [-0.05, 0) is 17.7 Å². The maximum Gasteiger partial charge on any atom is 0.254 e. The fraction of sp³-hybridized carbons (Fsp3) is 0.263. The smallest absolute Gasteiger partial charge is 0.254 e. The van der Waals surface area contributed by atoms with Crippen molar-refractivity contribution in [3.8, 4) is 0 Å².